The molecule has 0 aliphatic heterocycles. The Labute approximate surface area is 812 Å². The maximum atomic E-state index is 13.2. The van der Waals surface area contributed by atoms with Gasteiger partial charge in [-0.2, -0.15) is 10.5 Å². The summed E-state index contributed by atoms with van der Waals surface area (Å²) in [7, 11) is 0. The SMILES string of the molecule is N#Cc1c(-n2c3ccc(-c4ccccc4)cc3c3cc(-c4ccccc4)ccc32)c(-c2ccccc2)c(-n2c3ccccc3c3ccccc32)c(-n2c3ccc(-c4ccccc4)cc3c3cc(-c4ccccc4)ccc32)c1-n1c2ccccc2c2ccccc21.N#Cc1ccc(-n2c3ccc(-c4ccccc4)cc3c3cc(-c4ccccc4)ccc32)cc1-c1nc(-c2ccccc2)nc(-c2ccccc2)n1. The van der Waals surface area contributed by atoms with E-state index in [1.54, 1.807) is 0 Å². The molecule has 0 saturated heterocycles. The lowest BCUT2D eigenvalue weighted by atomic mass is 9.93. The second-order valence-electron chi connectivity index (χ2n) is 35.8. The van der Waals surface area contributed by atoms with Crippen LogP contribution < -0.4 is 0 Å². The van der Waals surface area contributed by atoms with E-state index in [1.165, 1.54) is 11.1 Å². The van der Waals surface area contributed by atoms with Gasteiger partial charge < -0.3 is 22.8 Å². The van der Waals surface area contributed by atoms with E-state index in [4.69, 9.17) is 15.0 Å². The van der Waals surface area contributed by atoms with Crippen molar-refractivity contribution in [2.75, 3.05) is 0 Å². The van der Waals surface area contributed by atoms with Crippen LogP contribution in [0.25, 0.3) is 250 Å². The van der Waals surface area contributed by atoms with Crippen LogP contribution >= 0.6 is 0 Å². The number of benzene rings is 21. The van der Waals surface area contributed by atoms with Crippen LogP contribution in [-0.4, -0.2) is 37.8 Å². The minimum atomic E-state index is 0.444. The summed E-state index contributed by atoms with van der Waals surface area (Å²) < 4.78 is 12.1. The molecule has 0 bridgehead atoms. The number of hydrogen-bond donors (Lipinski definition) is 0. The van der Waals surface area contributed by atoms with Gasteiger partial charge in [-0.15, -0.1) is 0 Å². The van der Waals surface area contributed by atoms with Gasteiger partial charge in [-0.1, -0.05) is 382 Å². The second kappa shape index (κ2) is 34.5. The Morgan fingerprint density at radius 2 is 0.404 bits per heavy atom. The lowest BCUT2D eigenvalue weighted by molar-refractivity contribution is 1.03. The van der Waals surface area contributed by atoms with E-state index in [1.807, 2.05) is 91.0 Å². The molecule has 10 nitrogen and oxygen atoms in total. The molecule has 0 saturated carbocycles. The summed E-state index contributed by atoms with van der Waals surface area (Å²) in [5, 5.41) is 34.6. The first-order valence-corrected chi connectivity index (χ1v) is 47.6. The molecule has 27 aromatic rings. The van der Waals surface area contributed by atoms with E-state index in [0.29, 0.717) is 34.2 Å². The van der Waals surface area contributed by atoms with E-state index >= 15 is 0 Å². The molecule has 0 spiro atoms. The highest BCUT2D eigenvalue weighted by molar-refractivity contribution is 6.19. The molecule has 6 heterocycles. The predicted octanol–water partition coefficient (Wildman–Crippen LogP) is 33.5. The fraction of sp³-hybridized carbons (Fsp3) is 0. The average Bonchev–Trinajstić information content (AvgIpc) is 1.54. The van der Waals surface area contributed by atoms with E-state index in [9.17, 15) is 10.5 Å². The summed E-state index contributed by atoms with van der Waals surface area (Å²) in [4.78, 5) is 14.8. The van der Waals surface area contributed by atoms with Crippen molar-refractivity contribution < 1.29 is 0 Å². The molecule has 10 heteroatoms. The van der Waals surface area contributed by atoms with Crippen molar-refractivity contribution in [3.8, 4) is 153 Å². The topological polar surface area (TPSA) is 111 Å². The van der Waals surface area contributed by atoms with Crippen molar-refractivity contribution in [1.82, 2.24) is 37.8 Å². The molecule has 141 heavy (non-hydrogen) atoms. The van der Waals surface area contributed by atoms with Gasteiger partial charge in [0.1, 0.15) is 11.6 Å². The van der Waals surface area contributed by atoms with Gasteiger partial charge in [-0.25, -0.2) is 15.0 Å². The Balaban J connectivity index is 0.000000169. The number of para-hydroxylation sites is 4. The fourth-order valence-electron chi connectivity index (χ4n) is 21.5. The van der Waals surface area contributed by atoms with Gasteiger partial charge >= 0.3 is 0 Å². The molecular formula is C131H82N10. The lowest BCUT2D eigenvalue weighted by Gasteiger charge is -2.29. The number of rotatable bonds is 15. The summed E-state index contributed by atoms with van der Waals surface area (Å²) in [5.74, 6) is 1.54. The predicted molar refractivity (Wildman–Crippen MR) is 582 cm³/mol. The van der Waals surface area contributed by atoms with E-state index in [-0.39, 0.29) is 0 Å². The molecule has 21 aromatic carbocycles. The molecule has 0 aliphatic carbocycles. The number of nitrogens with zero attached hydrogens (tertiary/aromatic N) is 10. The smallest absolute Gasteiger partial charge is 0.165 e. The third-order valence-corrected chi connectivity index (χ3v) is 27.9. The van der Waals surface area contributed by atoms with Crippen LogP contribution in [0.4, 0.5) is 0 Å². The van der Waals surface area contributed by atoms with Gasteiger partial charge in [0.2, 0.25) is 0 Å². The number of hydrogen-bond acceptors (Lipinski definition) is 5. The van der Waals surface area contributed by atoms with E-state index < -0.39 is 0 Å². The maximum Gasteiger partial charge on any atom is 0.165 e. The van der Waals surface area contributed by atoms with Gasteiger partial charge in [0.15, 0.2) is 17.5 Å². The highest BCUT2D eigenvalue weighted by atomic mass is 15.1. The molecule has 0 fully saturated rings. The number of nitriles is 2. The normalized spacial score (nSPS) is 11.5. The Morgan fingerprint density at radius 3 is 0.702 bits per heavy atom. The van der Waals surface area contributed by atoms with Crippen LogP contribution in [0, 0.1) is 22.7 Å². The molecule has 0 atom stereocenters. The number of aromatic nitrogens is 8. The summed E-state index contributed by atoms with van der Waals surface area (Å²) in [6, 6.07) is 182. The summed E-state index contributed by atoms with van der Waals surface area (Å²) >= 11 is 0. The second-order valence-corrected chi connectivity index (χ2v) is 35.8. The van der Waals surface area contributed by atoms with Crippen molar-refractivity contribution in [1.29, 1.82) is 10.5 Å². The molecule has 0 N–H and O–H groups in total. The molecule has 6 aromatic heterocycles. The minimum Gasteiger partial charge on any atom is -0.309 e. The third-order valence-electron chi connectivity index (χ3n) is 27.9. The molecular weight excluding hydrogens is 1710 g/mol. The van der Waals surface area contributed by atoms with Gasteiger partial charge in [0.05, 0.1) is 89.5 Å². The minimum absolute atomic E-state index is 0.444. The zero-order valence-corrected chi connectivity index (χ0v) is 76.3. The molecule has 0 aliphatic rings. The fourth-order valence-corrected chi connectivity index (χ4v) is 21.5. The van der Waals surface area contributed by atoms with E-state index in [0.717, 1.165) is 215 Å². The molecule has 27 rings (SSSR count). The summed E-state index contributed by atoms with van der Waals surface area (Å²) in [6.07, 6.45) is 0. The summed E-state index contributed by atoms with van der Waals surface area (Å²) in [5.41, 5.74) is 33.3. The zero-order chi connectivity index (χ0) is 93.5. The largest absolute Gasteiger partial charge is 0.309 e. The van der Waals surface area contributed by atoms with Gasteiger partial charge in [-0.3, -0.25) is 0 Å². The van der Waals surface area contributed by atoms with Crippen LogP contribution in [0.15, 0.2) is 497 Å². The monoisotopic (exact) mass is 1790 g/mol. The Morgan fingerprint density at radius 1 is 0.163 bits per heavy atom. The molecule has 656 valence electrons. The van der Waals surface area contributed by atoms with Gasteiger partial charge in [-0.05, 0) is 188 Å². The standard InChI is InChI=1S/C85H53N5.C46H29N5/c86-54-72-82(87-77-46-42-60(55-24-6-1-7-25-55)50-68(77)69-51-61(43-47-78(69)87)56-26-8-2-9-27-56)81(59-32-14-5-15-33-59)84(89-75-40-22-18-36-66(75)67-37-19-23-41-76(67)89)85(83(72)88-73-38-20-16-34-64(73)65-35-17-21-39-74(65)88)90-79-48-44-62(57-28-10-3-11-29-57)52-70(79)71-53-63(45-49-80(71)90)58-30-12-4-13-31-58;47-30-37-21-24-38(29-39(37)46-49-44(33-17-9-3-10-18-33)48-45(50-46)34-19-11-4-12-20-34)51-42-25-22-35(31-13-5-1-6-14-31)27-40(42)41-28-36(23-26-43(41)51)32-15-7-2-8-16-32/h1-53H;1-29H. The average molecular weight is 1800 g/mol. The van der Waals surface area contributed by atoms with Crippen LogP contribution in [0.3, 0.4) is 0 Å². The molecule has 0 amide bonds. The van der Waals surface area contributed by atoms with Gasteiger partial charge in [0, 0.05) is 81.8 Å². The highest BCUT2D eigenvalue weighted by Crippen LogP contribution is 2.54. The van der Waals surface area contributed by atoms with Crippen molar-refractivity contribution >= 4 is 109 Å². The van der Waals surface area contributed by atoms with Gasteiger partial charge in [0.25, 0.3) is 0 Å². The maximum absolute atomic E-state index is 13.2. The van der Waals surface area contributed by atoms with Crippen LogP contribution in [0.1, 0.15) is 11.1 Å². The third kappa shape index (κ3) is 14.0. The summed E-state index contributed by atoms with van der Waals surface area (Å²) in [6.45, 7) is 0. The van der Waals surface area contributed by atoms with Crippen molar-refractivity contribution in [3.63, 3.8) is 0 Å². The van der Waals surface area contributed by atoms with Crippen molar-refractivity contribution in [2.45, 2.75) is 0 Å². The Bertz CT molecular complexity index is 9260. The molecule has 0 radical (unpaired) electrons. The molecule has 0 unspecified atom stereocenters. The highest BCUT2D eigenvalue weighted by Gasteiger charge is 2.36. The first-order valence-electron chi connectivity index (χ1n) is 47.6. The quantitative estimate of drug-likeness (QED) is 0.102. The van der Waals surface area contributed by atoms with Crippen molar-refractivity contribution in [3.05, 3.63) is 509 Å². The Kier molecular flexibility index (Phi) is 20.1. The van der Waals surface area contributed by atoms with E-state index in [2.05, 4.69) is 441 Å². The van der Waals surface area contributed by atoms with Crippen LogP contribution in [-0.2, 0) is 0 Å². The number of fused-ring (bicyclic) bond motifs is 15. The lowest BCUT2D eigenvalue weighted by Crippen LogP contribution is -2.16. The zero-order valence-electron chi connectivity index (χ0n) is 76.3. The van der Waals surface area contributed by atoms with Crippen LogP contribution in [0.2, 0.25) is 0 Å². The van der Waals surface area contributed by atoms with Crippen LogP contribution in [0.5, 0.6) is 0 Å². The first kappa shape index (κ1) is 82.3. The Hall–Kier alpha value is -19.4. The first-order chi connectivity index (χ1) is 69.9. The van der Waals surface area contributed by atoms with Crippen molar-refractivity contribution in [2.24, 2.45) is 0 Å².